The van der Waals surface area contributed by atoms with Crippen molar-refractivity contribution in [3.05, 3.63) is 41.9 Å². The molecule has 1 N–H and O–H groups in total. The van der Waals surface area contributed by atoms with Crippen LogP contribution in [-0.2, 0) is 4.79 Å². The number of imidazole rings is 1. The monoisotopic (exact) mass is 371 g/mol. The van der Waals surface area contributed by atoms with Gasteiger partial charge in [-0.3, -0.25) is 4.79 Å². The maximum absolute atomic E-state index is 12.9. The third-order valence-corrected chi connectivity index (χ3v) is 4.81. The van der Waals surface area contributed by atoms with Crippen molar-refractivity contribution in [2.24, 2.45) is 11.8 Å². The van der Waals surface area contributed by atoms with Gasteiger partial charge in [0.1, 0.15) is 0 Å². The first-order valence-electron chi connectivity index (χ1n) is 8.00. The Hall–Kier alpha value is -2.02. The predicted molar refractivity (Wildman–Crippen MR) is 88.7 cm³/mol. The molecule has 134 valence electrons. The number of halogens is 4. The van der Waals surface area contributed by atoms with Crippen LogP contribution in [0.1, 0.15) is 25.7 Å². The summed E-state index contributed by atoms with van der Waals surface area (Å²) >= 11 is 6.22. The molecule has 0 spiro atoms. The number of hydrogen-bond donors (Lipinski definition) is 1. The summed E-state index contributed by atoms with van der Waals surface area (Å²) < 4.78 is 40.4. The van der Waals surface area contributed by atoms with E-state index >= 15 is 0 Å². The highest BCUT2D eigenvalue weighted by Gasteiger charge is 2.43. The molecule has 0 saturated heterocycles. The summed E-state index contributed by atoms with van der Waals surface area (Å²) in [5.74, 6) is -2.42. The van der Waals surface area contributed by atoms with E-state index in [1.807, 2.05) is 0 Å². The Morgan fingerprint density at radius 3 is 2.76 bits per heavy atom. The van der Waals surface area contributed by atoms with Gasteiger partial charge in [0.25, 0.3) is 0 Å². The quantitative estimate of drug-likeness (QED) is 0.839. The summed E-state index contributed by atoms with van der Waals surface area (Å²) in [7, 11) is 0. The van der Waals surface area contributed by atoms with Crippen molar-refractivity contribution in [2.75, 3.05) is 5.32 Å². The van der Waals surface area contributed by atoms with Gasteiger partial charge < -0.3 is 9.88 Å². The molecular formula is C17H17ClF3N3O. The summed E-state index contributed by atoms with van der Waals surface area (Å²) in [5, 5.41) is 3.09. The fourth-order valence-electron chi connectivity index (χ4n) is 3.17. The summed E-state index contributed by atoms with van der Waals surface area (Å²) in [6.07, 6.45) is 1.52. The van der Waals surface area contributed by atoms with E-state index in [4.69, 9.17) is 11.6 Å². The van der Waals surface area contributed by atoms with Crippen LogP contribution < -0.4 is 5.32 Å². The normalized spacial score (nSPS) is 21.1. The van der Waals surface area contributed by atoms with Crippen LogP contribution in [-0.4, -0.2) is 21.6 Å². The minimum absolute atomic E-state index is 0.0959. The topological polar surface area (TPSA) is 46.9 Å². The Morgan fingerprint density at radius 1 is 1.32 bits per heavy atom. The van der Waals surface area contributed by atoms with E-state index in [-0.39, 0.29) is 18.7 Å². The Kier molecular flexibility index (Phi) is 5.03. The molecule has 4 nitrogen and oxygen atoms in total. The standard InChI is InChI=1S/C17H17ClF3N3O/c18-14-9-13(4-5-15(14)24-7-6-22-10-24)23-16(25)11-2-1-3-12(8-11)17(19,20)21/h4-7,9-12H,1-3,8H2,(H,23,25). The molecule has 1 saturated carbocycles. The second kappa shape index (κ2) is 7.07. The largest absolute Gasteiger partial charge is 0.391 e. The highest BCUT2D eigenvalue weighted by molar-refractivity contribution is 6.32. The fourth-order valence-corrected chi connectivity index (χ4v) is 3.44. The summed E-state index contributed by atoms with van der Waals surface area (Å²) in [4.78, 5) is 16.3. The van der Waals surface area contributed by atoms with Gasteiger partial charge in [0.15, 0.2) is 0 Å². The first-order valence-corrected chi connectivity index (χ1v) is 8.38. The highest BCUT2D eigenvalue weighted by Crippen LogP contribution is 2.40. The van der Waals surface area contributed by atoms with E-state index in [9.17, 15) is 18.0 Å². The number of amides is 1. The number of carbonyl (C=O) groups is 1. The maximum atomic E-state index is 12.9. The average Bonchev–Trinajstić information content (AvgIpc) is 3.08. The van der Waals surface area contributed by atoms with Crippen molar-refractivity contribution in [2.45, 2.75) is 31.9 Å². The molecule has 2 unspecified atom stereocenters. The molecule has 25 heavy (non-hydrogen) atoms. The van der Waals surface area contributed by atoms with Crippen LogP contribution in [0.5, 0.6) is 0 Å². The molecule has 2 aromatic rings. The van der Waals surface area contributed by atoms with Crippen molar-refractivity contribution in [3.63, 3.8) is 0 Å². The molecule has 2 atom stereocenters. The van der Waals surface area contributed by atoms with Gasteiger partial charge in [-0.25, -0.2) is 4.98 Å². The van der Waals surface area contributed by atoms with E-state index < -0.39 is 18.0 Å². The van der Waals surface area contributed by atoms with E-state index in [1.165, 1.54) is 0 Å². The number of benzene rings is 1. The Balaban J connectivity index is 1.68. The Morgan fingerprint density at radius 2 is 2.12 bits per heavy atom. The number of hydrogen-bond acceptors (Lipinski definition) is 2. The minimum Gasteiger partial charge on any atom is -0.326 e. The molecule has 8 heteroatoms. The lowest BCUT2D eigenvalue weighted by Gasteiger charge is -2.29. The molecule has 3 rings (SSSR count). The number of aromatic nitrogens is 2. The summed E-state index contributed by atoms with van der Waals surface area (Å²) in [5.41, 5.74) is 1.17. The molecule has 1 aliphatic rings. The lowest BCUT2D eigenvalue weighted by molar-refractivity contribution is -0.185. The molecule has 1 aromatic carbocycles. The van der Waals surface area contributed by atoms with Crippen LogP contribution in [0, 0.1) is 11.8 Å². The molecule has 1 fully saturated rings. The second-order valence-electron chi connectivity index (χ2n) is 6.23. The molecule has 0 bridgehead atoms. The fraction of sp³-hybridized carbons (Fsp3) is 0.412. The van der Waals surface area contributed by atoms with Gasteiger partial charge in [0.2, 0.25) is 5.91 Å². The van der Waals surface area contributed by atoms with Gasteiger partial charge >= 0.3 is 6.18 Å². The molecule has 0 aliphatic heterocycles. The number of nitrogens with zero attached hydrogens (tertiary/aromatic N) is 2. The minimum atomic E-state index is -4.24. The molecule has 1 aromatic heterocycles. The van der Waals surface area contributed by atoms with E-state index in [0.29, 0.717) is 29.2 Å². The van der Waals surface area contributed by atoms with Gasteiger partial charge in [0.05, 0.1) is 23.0 Å². The highest BCUT2D eigenvalue weighted by atomic mass is 35.5. The third kappa shape index (κ3) is 4.15. The third-order valence-electron chi connectivity index (χ3n) is 4.51. The first kappa shape index (κ1) is 17.8. The Bertz CT molecular complexity index is 746. The van der Waals surface area contributed by atoms with Gasteiger partial charge in [-0.2, -0.15) is 13.2 Å². The summed E-state index contributed by atoms with van der Waals surface area (Å²) in [6.45, 7) is 0. The second-order valence-corrected chi connectivity index (χ2v) is 6.63. The lowest BCUT2D eigenvalue weighted by atomic mass is 9.80. The van der Waals surface area contributed by atoms with Gasteiger partial charge in [-0.05, 0) is 37.5 Å². The molecule has 1 amide bonds. The molecule has 0 radical (unpaired) electrons. The van der Waals surface area contributed by atoms with E-state index in [2.05, 4.69) is 10.3 Å². The van der Waals surface area contributed by atoms with Gasteiger partial charge in [-0.15, -0.1) is 0 Å². The van der Waals surface area contributed by atoms with Crippen LogP contribution in [0.15, 0.2) is 36.9 Å². The molecule has 1 aliphatic carbocycles. The predicted octanol–water partition coefficient (Wildman–Crippen LogP) is 4.83. The lowest BCUT2D eigenvalue weighted by Crippen LogP contribution is -2.34. The average molecular weight is 372 g/mol. The number of anilines is 1. The SMILES string of the molecule is O=C(Nc1ccc(-n2ccnc2)c(Cl)c1)C1CCCC(C(F)(F)F)C1. The van der Waals surface area contributed by atoms with Gasteiger partial charge in [-0.1, -0.05) is 18.0 Å². The number of alkyl halides is 3. The van der Waals surface area contributed by atoms with Crippen molar-refractivity contribution >= 4 is 23.2 Å². The molecule has 1 heterocycles. The zero-order valence-electron chi connectivity index (χ0n) is 13.3. The van der Waals surface area contributed by atoms with Gasteiger partial charge in [0, 0.05) is 24.0 Å². The first-order chi connectivity index (χ1) is 11.8. The van der Waals surface area contributed by atoms with Crippen LogP contribution in [0.2, 0.25) is 5.02 Å². The van der Waals surface area contributed by atoms with E-state index in [0.717, 1.165) is 0 Å². The van der Waals surface area contributed by atoms with Crippen molar-refractivity contribution < 1.29 is 18.0 Å². The number of rotatable bonds is 3. The van der Waals surface area contributed by atoms with Crippen molar-refractivity contribution in [3.8, 4) is 5.69 Å². The zero-order chi connectivity index (χ0) is 18.0. The Labute approximate surface area is 148 Å². The smallest absolute Gasteiger partial charge is 0.326 e. The van der Waals surface area contributed by atoms with E-state index in [1.54, 1.807) is 41.5 Å². The summed E-state index contributed by atoms with van der Waals surface area (Å²) in [6, 6.07) is 4.97. The van der Waals surface area contributed by atoms with Crippen LogP contribution >= 0.6 is 11.6 Å². The maximum Gasteiger partial charge on any atom is 0.391 e. The zero-order valence-corrected chi connectivity index (χ0v) is 14.0. The van der Waals surface area contributed by atoms with Crippen LogP contribution in [0.3, 0.4) is 0 Å². The number of carbonyl (C=O) groups excluding carboxylic acids is 1. The van der Waals surface area contributed by atoms with Crippen molar-refractivity contribution in [1.82, 2.24) is 9.55 Å². The van der Waals surface area contributed by atoms with Crippen LogP contribution in [0.4, 0.5) is 18.9 Å². The van der Waals surface area contributed by atoms with Crippen LogP contribution in [0.25, 0.3) is 5.69 Å². The number of nitrogens with one attached hydrogen (secondary N) is 1. The molecular weight excluding hydrogens is 355 g/mol. The van der Waals surface area contributed by atoms with Crippen molar-refractivity contribution in [1.29, 1.82) is 0 Å².